The summed E-state index contributed by atoms with van der Waals surface area (Å²) in [6.07, 6.45) is 1.20. The second-order valence-corrected chi connectivity index (χ2v) is 5.41. The van der Waals surface area contributed by atoms with Crippen LogP contribution in [0.1, 0.15) is 10.4 Å². The molecule has 126 valence electrons. The lowest BCUT2D eigenvalue weighted by Crippen LogP contribution is -2.25. The van der Waals surface area contributed by atoms with Crippen LogP contribution in [0.15, 0.2) is 60.8 Å². The highest BCUT2D eigenvalue weighted by Crippen LogP contribution is 2.20. The van der Waals surface area contributed by atoms with Crippen LogP contribution in [0.5, 0.6) is 0 Å². The Morgan fingerprint density at radius 2 is 1.76 bits per heavy atom. The number of carbonyl (C=O) groups excluding carboxylic acids is 2. The molecule has 0 aliphatic carbocycles. The molecular weight excluding hydrogens is 318 g/mol. The molecule has 6 nitrogen and oxygen atoms in total. The van der Waals surface area contributed by atoms with E-state index in [2.05, 4.69) is 15.0 Å². The van der Waals surface area contributed by atoms with Gasteiger partial charge in [0, 0.05) is 30.0 Å². The Balaban J connectivity index is 1.80. The number of anilines is 2. The lowest BCUT2D eigenvalue weighted by molar-refractivity contribution is 0.102. The van der Waals surface area contributed by atoms with Crippen molar-refractivity contribution in [1.29, 1.82) is 0 Å². The molecule has 3 aromatic rings. The largest absolute Gasteiger partial charge is 0.452 e. The van der Waals surface area contributed by atoms with Crippen molar-refractivity contribution in [2.24, 2.45) is 0 Å². The number of ether oxygens (including phenoxy) is 1. The summed E-state index contributed by atoms with van der Waals surface area (Å²) in [6.45, 7) is 0. The van der Waals surface area contributed by atoms with Gasteiger partial charge < -0.3 is 10.1 Å². The minimum absolute atomic E-state index is 0.238. The van der Waals surface area contributed by atoms with Gasteiger partial charge in [-0.25, -0.2) is 4.79 Å². The number of para-hydroxylation sites is 1. The van der Waals surface area contributed by atoms with Crippen LogP contribution >= 0.6 is 0 Å². The van der Waals surface area contributed by atoms with Gasteiger partial charge in [-0.3, -0.25) is 14.7 Å². The SMILES string of the molecule is COC(=O)N(C)c1ccc(NC(=O)c2cccc3cccnc23)cc1. The Morgan fingerprint density at radius 1 is 1.04 bits per heavy atom. The lowest BCUT2D eigenvalue weighted by Gasteiger charge is -2.16. The summed E-state index contributed by atoms with van der Waals surface area (Å²) < 4.78 is 4.67. The molecule has 0 aliphatic rings. The van der Waals surface area contributed by atoms with Crippen molar-refractivity contribution in [3.63, 3.8) is 0 Å². The molecule has 0 saturated heterocycles. The summed E-state index contributed by atoms with van der Waals surface area (Å²) in [6, 6.07) is 16.1. The molecule has 0 unspecified atom stereocenters. The first-order valence-electron chi connectivity index (χ1n) is 7.67. The summed E-state index contributed by atoms with van der Waals surface area (Å²) in [7, 11) is 2.94. The Hall–Kier alpha value is -3.41. The number of benzene rings is 2. The van der Waals surface area contributed by atoms with E-state index in [4.69, 9.17) is 0 Å². The maximum atomic E-state index is 12.6. The first-order valence-corrected chi connectivity index (χ1v) is 7.67. The molecule has 0 atom stereocenters. The number of nitrogens with zero attached hydrogens (tertiary/aromatic N) is 2. The van der Waals surface area contributed by atoms with E-state index in [-0.39, 0.29) is 5.91 Å². The smallest absolute Gasteiger partial charge is 0.413 e. The molecule has 25 heavy (non-hydrogen) atoms. The molecule has 0 aliphatic heterocycles. The molecule has 2 amide bonds. The summed E-state index contributed by atoms with van der Waals surface area (Å²) in [4.78, 5) is 29.7. The Morgan fingerprint density at radius 3 is 2.48 bits per heavy atom. The average Bonchev–Trinajstić information content (AvgIpc) is 2.66. The van der Waals surface area contributed by atoms with Crippen molar-refractivity contribution in [1.82, 2.24) is 4.98 Å². The predicted molar refractivity (Wildman–Crippen MR) is 96.9 cm³/mol. The number of nitrogens with one attached hydrogen (secondary N) is 1. The fourth-order valence-corrected chi connectivity index (χ4v) is 2.50. The molecule has 0 fully saturated rings. The zero-order chi connectivity index (χ0) is 17.8. The quantitative estimate of drug-likeness (QED) is 0.792. The topological polar surface area (TPSA) is 71.5 Å². The Labute approximate surface area is 145 Å². The van der Waals surface area contributed by atoms with Crippen LogP contribution in [0.25, 0.3) is 10.9 Å². The van der Waals surface area contributed by atoms with Gasteiger partial charge in [0.25, 0.3) is 5.91 Å². The van der Waals surface area contributed by atoms with E-state index in [1.807, 2.05) is 24.3 Å². The summed E-state index contributed by atoms with van der Waals surface area (Å²) in [5.41, 5.74) is 2.45. The predicted octanol–water partition coefficient (Wildman–Crippen LogP) is 3.69. The third kappa shape index (κ3) is 3.42. The third-order valence-corrected chi connectivity index (χ3v) is 3.84. The van der Waals surface area contributed by atoms with Gasteiger partial charge >= 0.3 is 6.09 Å². The van der Waals surface area contributed by atoms with E-state index in [0.717, 1.165) is 5.39 Å². The molecule has 2 aromatic carbocycles. The molecule has 1 N–H and O–H groups in total. The molecule has 0 saturated carbocycles. The van der Waals surface area contributed by atoms with Gasteiger partial charge in [-0.15, -0.1) is 0 Å². The molecule has 1 aromatic heterocycles. The van der Waals surface area contributed by atoms with Crippen LogP contribution in [0, 0.1) is 0 Å². The van der Waals surface area contributed by atoms with Gasteiger partial charge in [-0.05, 0) is 36.4 Å². The van der Waals surface area contributed by atoms with Crippen LogP contribution in [-0.2, 0) is 4.74 Å². The maximum absolute atomic E-state index is 12.6. The first-order chi connectivity index (χ1) is 12.1. The minimum Gasteiger partial charge on any atom is -0.452 e. The fraction of sp³-hybridized carbons (Fsp3) is 0.105. The van der Waals surface area contributed by atoms with Crippen LogP contribution in [0.2, 0.25) is 0 Å². The monoisotopic (exact) mass is 335 g/mol. The van der Waals surface area contributed by atoms with E-state index in [1.165, 1.54) is 12.0 Å². The van der Waals surface area contributed by atoms with Gasteiger partial charge in [-0.2, -0.15) is 0 Å². The minimum atomic E-state index is -0.460. The van der Waals surface area contributed by atoms with Crippen molar-refractivity contribution in [2.45, 2.75) is 0 Å². The Bertz CT molecular complexity index is 917. The van der Waals surface area contributed by atoms with Crippen molar-refractivity contribution in [2.75, 3.05) is 24.4 Å². The van der Waals surface area contributed by atoms with Gasteiger partial charge in [0.2, 0.25) is 0 Å². The number of amides is 2. The number of rotatable bonds is 3. The average molecular weight is 335 g/mol. The molecule has 0 bridgehead atoms. The number of pyridine rings is 1. The molecule has 3 rings (SSSR count). The fourth-order valence-electron chi connectivity index (χ4n) is 2.50. The maximum Gasteiger partial charge on any atom is 0.413 e. The number of fused-ring (bicyclic) bond motifs is 1. The lowest BCUT2D eigenvalue weighted by atomic mass is 10.1. The highest BCUT2D eigenvalue weighted by atomic mass is 16.5. The van der Waals surface area contributed by atoms with Gasteiger partial charge in [-0.1, -0.05) is 18.2 Å². The Kier molecular flexibility index (Phi) is 4.61. The van der Waals surface area contributed by atoms with Crippen molar-refractivity contribution >= 4 is 34.3 Å². The standard InChI is InChI=1S/C19H17N3O3/c1-22(19(24)25-2)15-10-8-14(9-11-15)21-18(23)16-7-3-5-13-6-4-12-20-17(13)16/h3-12H,1-2H3,(H,21,23). The summed E-state index contributed by atoms with van der Waals surface area (Å²) in [5.74, 6) is -0.238. The van der Waals surface area contributed by atoms with Crippen LogP contribution in [0.3, 0.4) is 0 Å². The first kappa shape index (κ1) is 16.4. The van der Waals surface area contributed by atoms with E-state index in [0.29, 0.717) is 22.5 Å². The molecule has 6 heteroatoms. The van der Waals surface area contributed by atoms with Gasteiger partial charge in [0.15, 0.2) is 0 Å². The van der Waals surface area contributed by atoms with Crippen molar-refractivity contribution in [3.05, 3.63) is 66.4 Å². The highest BCUT2D eigenvalue weighted by Gasteiger charge is 2.13. The van der Waals surface area contributed by atoms with Gasteiger partial charge in [0.05, 0.1) is 18.2 Å². The van der Waals surface area contributed by atoms with Crippen molar-refractivity contribution in [3.8, 4) is 0 Å². The zero-order valence-electron chi connectivity index (χ0n) is 13.9. The molecular formula is C19H17N3O3. The third-order valence-electron chi connectivity index (χ3n) is 3.84. The summed E-state index contributed by atoms with van der Waals surface area (Å²) in [5, 5.41) is 3.75. The molecule has 1 heterocycles. The van der Waals surface area contributed by atoms with E-state index in [9.17, 15) is 9.59 Å². The van der Waals surface area contributed by atoms with E-state index >= 15 is 0 Å². The normalized spacial score (nSPS) is 10.3. The van der Waals surface area contributed by atoms with Crippen molar-refractivity contribution < 1.29 is 14.3 Å². The number of hydrogen-bond acceptors (Lipinski definition) is 4. The molecule has 0 spiro atoms. The van der Waals surface area contributed by atoms with Crippen LogP contribution in [0.4, 0.5) is 16.2 Å². The number of hydrogen-bond donors (Lipinski definition) is 1. The van der Waals surface area contributed by atoms with E-state index in [1.54, 1.807) is 43.6 Å². The summed E-state index contributed by atoms with van der Waals surface area (Å²) >= 11 is 0. The molecule has 0 radical (unpaired) electrons. The highest BCUT2D eigenvalue weighted by molar-refractivity contribution is 6.11. The number of carbonyl (C=O) groups is 2. The van der Waals surface area contributed by atoms with E-state index < -0.39 is 6.09 Å². The number of aromatic nitrogens is 1. The van der Waals surface area contributed by atoms with Gasteiger partial charge in [0.1, 0.15) is 0 Å². The number of methoxy groups -OCH3 is 1. The van der Waals surface area contributed by atoms with Crippen LogP contribution in [-0.4, -0.2) is 31.1 Å². The second kappa shape index (κ2) is 7.00. The zero-order valence-corrected chi connectivity index (χ0v) is 13.9. The second-order valence-electron chi connectivity index (χ2n) is 5.41. The van der Waals surface area contributed by atoms with Crippen LogP contribution < -0.4 is 10.2 Å².